The second-order valence-electron chi connectivity index (χ2n) is 6.71. The summed E-state index contributed by atoms with van der Waals surface area (Å²) in [6, 6.07) is 19.3. The van der Waals surface area contributed by atoms with Gasteiger partial charge in [0.1, 0.15) is 24.2 Å². The standard InChI is InChI=1S/C22H23BrClO6/c23-22-21(28-14-16-9-5-2-6-10-16)20(27-13-15-7-3-1-4-8-15)19(17(12-25)29-22)30-18(26)11-24/h1-10,17,19-21,25H,11-14H2/t17-,19-,20+,21-/m1/s1. The number of halogens is 2. The highest BCUT2D eigenvalue weighted by molar-refractivity contribution is 9.11. The van der Waals surface area contributed by atoms with Crippen LogP contribution in [0.15, 0.2) is 60.7 Å². The predicted octanol–water partition coefficient (Wildman–Crippen LogP) is 3.58. The predicted molar refractivity (Wildman–Crippen MR) is 115 cm³/mol. The highest BCUT2D eigenvalue weighted by Crippen LogP contribution is 2.36. The van der Waals surface area contributed by atoms with Gasteiger partial charge in [-0.15, -0.1) is 11.6 Å². The Balaban J connectivity index is 1.80. The Labute approximate surface area is 189 Å². The first-order chi connectivity index (χ1) is 14.6. The van der Waals surface area contributed by atoms with E-state index >= 15 is 0 Å². The van der Waals surface area contributed by atoms with Crippen molar-refractivity contribution in [1.82, 2.24) is 0 Å². The molecule has 3 rings (SSSR count). The van der Waals surface area contributed by atoms with E-state index in [0.717, 1.165) is 11.1 Å². The molecular weight excluding hydrogens is 476 g/mol. The number of hydrogen-bond acceptors (Lipinski definition) is 6. The molecule has 1 fully saturated rings. The van der Waals surface area contributed by atoms with Gasteiger partial charge in [-0.2, -0.15) is 0 Å². The number of ether oxygens (including phenoxy) is 4. The van der Waals surface area contributed by atoms with E-state index < -0.39 is 30.4 Å². The highest BCUT2D eigenvalue weighted by atomic mass is 79.9. The van der Waals surface area contributed by atoms with Gasteiger partial charge in [0, 0.05) is 0 Å². The second-order valence-corrected chi connectivity index (χ2v) is 7.76. The maximum Gasteiger partial charge on any atom is 0.321 e. The fraction of sp³-hybridized carbons (Fsp3) is 0.364. The van der Waals surface area contributed by atoms with Crippen molar-refractivity contribution in [2.45, 2.75) is 37.6 Å². The molecule has 1 N–H and O–H groups in total. The molecule has 8 heteroatoms. The lowest BCUT2D eigenvalue weighted by Gasteiger charge is -2.43. The smallest absolute Gasteiger partial charge is 0.321 e. The van der Waals surface area contributed by atoms with Crippen molar-refractivity contribution < 1.29 is 28.8 Å². The molecule has 1 radical (unpaired) electrons. The summed E-state index contributed by atoms with van der Waals surface area (Å²) in [4.78, 5) is 11.9. The SMILES string of the molecule is O=C(CCl)O[C@H]1[C@H](OCc2ccccc2)[C@@H](OCc2ccccc2)[C](Br)O[C@@H]1CO. The third-order valence-corrected chi connectivity index (χ3v) is 5.45. The molecule has 0 spiro atoms. The van der Waals surface area contributed by atoms with Gasteiger partial charge in [-0.25, -0.2) is 0 Å². The van der Waals surface area contributed by atoms with Crippen LogP contribution in [0.3, 0.4) is 0 Å². The number of rotatable bonds is 9. The largest absolute Gasteiger partial charge is 0.456 e. The van der Waals surface area contributed by atoms with E-state index in [2.05, 4.69) is 15.9 Å². The summed E-state index contributed by atoms with van der Waals surface area (Å²) in [6.07, 6.45) is -3.11. The van der Waals surface area contributed by atoms with Crippen LogP contribution in [0.2, 0.25) is 0 Å². The van der Waals surface area contributed by atoms with Crippen LogP contribution >= 0.6 is 27.5 Å². The zero-order valence-electron chi connectivity index (χ0n) is 16.2. The van der Waals surface area contributed by atoms with Gasteiger partial charge in [0.2, 0.25) is 0 Å². The van der Waals surface area contributed by atoms with Crippen molar-refractivity contribution in [2.75, 3.05) is 12.5 Å². The van der Waals surface area contributed by atoms with Crippen LogP contribution in [-0.2, 0) is 37.0 Å². The lowest BCUT2D eigenvalue weighted by molar-refractivity contribution is -0.223. The topological polar surface area (TPSA) is 74.2 Å². The Bertz CT molecular complexity index is 778. The normalized spacial score (nSPS) is 24.5. The minimum Gasteiger partial charge on any atom is -0.456 e. The minimum atomic E-state index is -0.896. The Morgan fingerprint density at radius 1 is 0.967 bits per heavy atom. The lowest BCUT2D eigenvalue weighted by atomic mass is 9.99. The first-order valence-electron chi connectivity index (χ1n) is 9.48. The van der Waals surface area contributed by atoms with Crippen molar-refractivity contribution in [3.63, 3.8) is 0 Å². The van der Waals surface area contributed by atoms with Gasteiger partial charge in [0.25, 0.3) is 0 Å². The molecule has 1 aliphatic rings. The van der Waals surface area contributed by atoms with Crippen molar-refractivity contribution in [3.05, 3.63) is 76.8 Å². The van der Waals surface area contributed by atoms with Crippen LogP contribution in [-0.4, -0.2) is 48.0 Å². The summed E-state index contributed by atoms with van der Waals surface area (Å²) in [6.45, 7) is 0.200. The molecule has 4 atom stereocenters. The van der Waals surface area contributed by atoms with Crippen LogP contribution in [0.5, 0.6) is 0 Å². The summed E-state index contributed by atoms with van der Waals surface area (Å²) in [5, 5.41) is 10.2. The molecule has 1 heterocycles. The fourth-order valence-electron chi connectivity index (χ4n) is 3.13. The molecule has 2 aromatic carbocycles. The molecule has 0 bridgehead atoms. The molecular formula is C22H23BrClO6. The maximum atomic E-state index is 11.9. The van der Waals surface area contributed by atoms with E-state index in [4.69, 9.17) is 30.5 Å². The zero-order chi connectivity index (χ0) is 21.3. The number of carbonyl (C=O) groups is 1. The Morgan fingerprint density at radius 2 is 1.53 bits per heavy atom. The summed E-state index contributed by atoms with van der Waals surface area (Å²) >= 11 is 9.02. The van der Waals surface area contributed by atoms with Gasteiger partial charge in [-0.1, -0.05) is 60.7 Å². The maximum absolute atomic E-state index is 11.9. The Morgan fingerprint density at radius 3 is 2.07 bits per heavy atom. The molecule has 30 heavy (non-hydrogen) atoms. The summed E-state index contributed by atoms with van der Waals surface area (Å²) in [5.41, 5.74) is 1.92. The van der Waals surface area contributed by atoms with Crippen LogP contribution in [0.4, 0.5) is 0 Å². The molecule has 0 aliphatic carbocycles. The monoisotopic (exact) mass is 497 g/mol. The molecule has 1 aliphatic heterocycles. The lowest BCUT2D eigenvalue weighted by Crippen LogP contribution is -2.57. The summed E-state index contributed by atoms with van der Waals surface area (Å²) in [7, 11) is 0. The second kappa shape index (κ2) is 11.8. The van der Waals surface area contributed by atoms with E-state index in [0.29, 0.717) is 11.6 Å². The van der Waals surface area contributed by atoms with Crippen LogP contribution in [0.1, 0.15) is 11.1 Å². The summed E-state index contributed by atoms with van der Waals surface area (Å²) < 4.78 is 23.4. The van der Waals surface area contributed by atoms with Gasteiger partial charge in [0.05, 0.1) is 19.8 Å². The Hall–Kier alpha value is -1.48. The highest BCUT2D eigenvalue weighted by Gasteiger charge is 2.49. The molecule has 6 nitrogen and oxygen atoms in total. The minimum absolute atomic E-state index is 0.268. The molecule has 0 saturated carbocycles. The quantitative estimate of drug-likeness (QED) is 0.421. The third-order valence-electron chi connectivity index (χ3n) is 4.59. The van der Waals surface area contributed by atoms with Gasteiger partial charge in [0.15, 0.2) is 11.1 Å². The first-order valence-corrected chi connectivity index (χ1v) is 10.8. The molecule has 0 aromatic heterocycles. The zero-order valence-corrected chi connectivity index (χ0v) is 18.5. The molecule has 0 unspecified atom stereocenters. The molecule has 2 aromatic rings. The van der Waals surface area contributed by atoms with Crippen LogP contribution in [0, 0.1) is 5.01 Å². The fourth-order valence-corrected chi connectivity index (χ4v) is 3.82. The number of aliphatic hydroxyl groups excluding tert-OH is 1. The number of hydrogen-bond donors (Lipinski definition) is 1. The van der Waals surface area contributed by atoms with Crippen LogP contribution in [0.25, 0.3) is 0 Å². The van der Waals surface area contributed by atoms with Crippen molar-refractivity contribution in [1.29, 1.82) is 0 Å². The third kappa shape index (κ3) is 6.26. The van der Waals surface area contributed by atoms with E-state index in [9.17, 15) is 9.90 Å². The van der Waals surface area contributed by atoms with E-state index in [-0.39, 0.29) is 19.1 Å². The number of esters is 1. The first kappa shape index (κ1) is 23.2. The summed E-state index contributed by atoms with van der Waals surface area (Å²) in [5.74, 6) is -0.947. The van der Waals surface area contributed by atoms with Crippen molar-refractivity contribution in [3.8, 4) is 0 Å². The van der Waals surface area contributed by atoms with Gasteiger partial charge < -0.3 is 24.1 Å². The van der Waals surface area contributed by atoms with E-state index in [1.54, 1.807) is 0 Å². The van der Waals surface area contributed by atoms with Gasteiger partial charge in [-0.3, -0.25) is 4.79 Å². The van der Waals surface area contributed by atoms with E-state index in [1.807, 2.05) is 60.7 Å². The molecule has 161 valence electrons. The number of benzene rings is 2. The molecule has 1 saturated heterocycles. The van der Waals surface area contributed by atoms with Gasteiger partial charge >= 0.3 is 5.97 Å². The average Bonchev–Trinajstić information content (AvgIpc) is 2.79. The number of aliphatic hydroxyl groups is 1. The van der Waals surface area contributed by atoms with E-state index in [1.165, 1.54) is 0 Å². The molecule has 0 amide bonds. The number of carbonyl (C=O) groups excluding carboxylic acids is 1. The van der Waals surface area contributed by atoms with Crippen molar-refractivity contribution >= 4 is 33.5 Å². The van der Waals surface area contributed by atoms with Crippen molar-refractivity contribution in [2.24, 2.45) is 0 Å². The number of alkyl halides is 1. The van der Waals surface area contributed by atoms with Gasteiger partial charge in [-0.05, 0) is 27.1 Å². The Kier molecular flexibility index (Phi) is 9.11. The average molecular weight is 499 g/mol. The van der Waals surface area contributed by atoms with Crippen LogP contribution < -0.4 is 0 Å².